The van der Waals surface area contributed by atoms with Crippen LogP contribution in [-0.4, -0.2) is 74.8 Å². The van der Waals surface area contributed by atoms with E-state index in [0.29, 0.717) is 29.8 Å². The first-order valence-electron chi connectivity index (χ1n) is 13.7. The maximum Gasteiger partial charge on any atom is 0.419 e. The highest BCUT2D eigenvalue weighted by molar-refractivity contribution is 7.88. The Bertz CT molecular complexity index is 1330. The molecular formula is C27H37F3N6O4S. The highest BCUT2D eigenvalue weighted by Gasteiger charge is 2.37. The minimum Gasteiger partial charge on any atom is -0.495 e. The molecule has 0 bridgehead atoms. The SMILES string of the molecule is COc1cc(C(=O)NC2CCN(C)CC2)ccc1Nc1ncc(C(F)(F)F)c(C[C@@H]2CCCC[C@H]2NS(C)(=O)=O)n1. The molecular weight excluding hydrogens is 561 g/mol. The zero-order valence-electron chi connectivity index (χ0n) is 23.4. The fourth-order valence-corrected chi connectivity index (χ4v) is 6.34. The van der Waals surface area contributed by atoms with Crippen LogP contribution in [0.15, 0.2) is 24.4 Å². The minimum absolute atomic E-state index is 0.0631. The van der Waals surface area contributed by atoms with Gasteiger partial charge >= 0.3 is 6.18 Å². The van der Waals surface area contributed by atoms with Gasteiger partial charge in [0, 0.05) is 23.8 Å². The number of nitrogens with zero attached hydrogens (tertiary/aromatic N) is 3. The van der Waals surface area contributed by atoms with E-state index in [1.54, 1.807) is 18.2 Å². The molecule has 0 spiro atoms. The number of amides is 1. The summed E-state index contributed by atoms with van der Waals surface area (Å²) in [6.45, 7) is 1.81. The van der Waals surface area contributed by atoms with Gasteiger partial charge in [0.25, 0.3) is 5.91 Å². The van der Waals surface area contributed by atoms with E-state index >= 15 is 0 Å². The molecule has 1 aromatic heterocycles. The molecule has 2 heterocycles. The van der Waals surface area contributed by atoms with E-state index in [9.17, 15) is 26.4 Å². The van der Waals surface area contributed by atoms with Crippen molar-refractivity contribution in [3.63, 3.8) is 0 Å². The molecule has 2 aliphatic rings. The summed E-state index contributed by atoms with van der Waals surface area (Å²) in [6, 6.07) is 4.36. The lowest BCUT2D eigenvalue weighted by atomic mass is 9.81. The molecule has 41 heavy (non-hydrogen) atoms. The molecule has 2 atom stereocenters. The van der Waals surface area contributed by atoms with Crippen molar-refractivity contribution in [3.8, 4) is 5.75 Å². The van der Waals surface area contributed by atoms with Gasteiger partial charge in [-0.1, -0.05) is 12.8 Å². The van der Waals surface area contributed by atoms with Crippen LogP contribution in [0.1, 0.15) is 60.1 Å². The Morgan fingerprint density at radius 2 is 1.85 bits per heavy atom. The predicted molar refractivity (Wildman–Crippen MR) is 149 cm³/mol. The van der Waals surface area contributed by atoms with Gasteiger partial charge in [-0.25, -0.2) is 23.1 Å². The third kappa shape index (κ3) is 8.52. The van der Waals surface area contributed by atoms with Crippen LogP contribution >= 0.6 is 0 Å². The largest absolute Gasteiger partial charge is 0.495 e. The molecule has 1 amide bonds. The molecule has 0 unspecified atom stereocenters. The van der Waals surface area contributed by atoms with Crippen LogP contribution < -0.4 is 20.1 Å². The van der Waals surface area contributed by atoms with Gasteiger partial charge in [0.15, 0.2) is 0 Å². The number of hydrogen-bond acceptors (Lipinski definition) is 8. The molecule has 1 aliphatic heterocycles. The van der Waals surface area contributed by atoms with Crippen LogP contribution in [-0.2, 0) is 22.6 Å². The third-order valence-corrected chi connectivity index (χ3v) is 8.40. The standard InChI is InChI=1S/C27H37F3N6O4S/c1-36-12-10-19(11-13-36)32-25(37)18-8-9-22(24(15-18)40-2)33-26-31-16-20(27(28,29)30)23(34-26)14-17-6-4-5-7-21(17)35-41(3,38)39/h8-9,15-17,19,21,35H,4-7,10-14H2,1-3H3,(H,32,37)(H,31,33,34)/t17-,21+/m0/s1. The molecule has 1 saturated carbocycles. The normalized spacial score (nSPS) is 20.9. The lowest BCUT2D eigenvalue weighted by Crippen LogP contribution is -2.43. The van der Waals surface area contributed by atoms with Crippen molar-refractivity contribution in [2.75, 3.05) is 38.8 Å². The summed E-state index contributed by atoms with van der Waals surface area (Å²) in [4.78, 5) is 23.2. The van der Waals surface area contributed by atoms with Crippen LogP contribution in [0.4, 0.5) is 24.8 Å². The van der Waals surface area contributed by atoms with Crippen molar-refractivity contribution in [2.24, 2.45) is 5.92 Å². The second-order valence-electron chi connectivity index (χ2n) is 10.9. The number of piperidine rings is 1. The van der Waals surface area contributed by atoms with E-state index in [4.69, 9.17) is 4.74 Å². The molecule has 2 aromatic rings. The molecule has 2 fully saturated rings. The third-order valence-electron chi connectivity index (χ3n) is 7.67. The Morgan fingerprint density at radius 1 is 1.15 bits per heavy atom. The first kappa shape index (κ1) is 31.0. The number of aromatic nitrogens is 2. The predicted octanol–water partition coefficient (Wildman–Crippen LogP) is 3.72. The highest BCUT2D eigenvalue weighted by Crippen LogP contribution is 2.36. The smallest absolute Gasteiger partial charge is 0.419 e. The number of nitrogens with one attached hydrogen (secondary N) is 3. The van der Waals surface area contributed by atoms with E-state index in [1.165, 1.54) is 7.11 Å². The molecule has 1 aromatic carbocycles. The van der Waals surface area contributed by atoms with Gasteiger partial charge in [0.2, 0.25) is 16.0 Å². The second kappa shape index (κ2) is 12.9. The average molecular weight is 599 g/mol. The van der Waals surface area contributed by atoms with E-state index in [0.717, 1.165) is 51.2 Å². The van der Waals surface area contributed by atoms with E-state index in [2.05, 4.69) is 30.2 Å². The van der Waals surface area contributed by atoms with Crippen molar-refractivity contribution in [1.82, 2.24) is 24.9 Å². The maximum absolute atomic E-state index is 13.9. The van der Waals surface area contributed by atoms with E-state index in [1.807, 2.05) is 7.05 Å². The van der Waals surface area contributed by atoms with Crippen LogP contribution in [0.25, 0.3) is 0 Å². The summed E-state index contributed by atoms with van der Waals surface area (Å²) >= 11 is 0. The molecule has 4 rings (SSSR count). The van der Waals surface area contributed by atoms with Gasteiger partial charge in [-0.05, 0) is 76.4 Å². The number of sulfonamides is 1. The zero-order valence-corrected chi connectivity index (χ0v) is 24.2. The molecule has 14 heteroatoms. The first-order chi connectivity index (χ1) is 19.3. The van der Waals surface area contributed by atoms with Crippen LogP contribution in [0, 0.1) is 5.92 Å². The van der Waals surface area contributed by atoms with Crippen LogP contribution in [0.3, 0.4) is 0 Å². The molecule has 3 N–H and O–H groups in total. The number of carbonyl (C=O) groups excluding carboxylic acids is 1. The summed E-state index contributed by atoms with van der Waals surface area (Å²) in [5, 5.41) is 5.96. The van der Waals surface area contributed by atoms with Gasteiger partial charge < -0.3 is 20.3 Å². The molecule has 226 valence electrons. The molecule has 0 radical (unpaired) electrons. The summed E-state index contributed by atoms with van der Waals surface area (Å²) in [5.41, 5.74) is -0.402. The topological polar surface area (TPSA) is 126 Å². The van der Waals surface area contributed by atoms with Gasteiger partial charge in [0.05, 0.1) is 30.3 Å². The van der Waals surface area contributed by atoms with Crippen molar-refractivity contribution in [1.29, 1.82) is 0 Å². The fraction of sp³-hybridized carbons (Fsp3) is 0.593. The van der Waals surface area contributed by atoms with Crippen molar-refractivity contribution in [2.45, 2.75) is 63.2 Å². The number of likely N-dealkylation sites (tertiary alicyclic amines) is 1. The maximum atomic E-state index is 13.9. The second-order valence-corrected chi connectivity index (χ2v) is 12.7. The first-order valence-corrected chi connectivity index (χ1v) is 15.6. The number of rotatable bonds is 9. The van der Waals surface area contributed by atoms with Crippen LogP contribution in [0.2, 0.25) is 0 Å². The van der Waals surface area contributed by atoms with E-state index in [-0.39, 0.29) is 35.9 Å². The highest BCUT2D eigenvalue weighted by atomic mass is 32.2. The van der Waals surface area contributed by atoms with Gasteiger partial charge in [0.1, 0.15) is 5.75 Å². The minimum atomic E-state index is -4.68. The van der Waals surface area contributed by atoms with E-state index < -0.39 is 27.8 Å². The van der Waals surface area contributed by atoms with Crippen LogP contribution in [0.5, 0.6) is 5.75 Å². The number of anilines is 2. The Morgan fingerprint density at radius 3 is 2.51 bits per heavy atom. The Balaban J connectivity index is 1.54. The Kier molecular flexibility index (Phi) is 9.75. The molecule has 1 aliphatic carbocycles. The average Bonchev–Trinajstić information content (AvgIpc) is 2.90. The van der Waals surface area contributed by atoms with Crippen molar-refractivity contribution >= 4 is 27.6 Å². The molecule has 10 nitrogen and oxygen atoms in total. The number of benzene rings is 1. The summed E-state index contributed by atoms with van der Waals surface area (Å²) in [7, 11) is -0.0567. The van der Waals surface area contributed by atoms with Crippen molar-refractivity contribution in [3.05, 3.63) is 41.2 Å². The Hall–Kier alpha value is -2.97. The summed E-state index contributed by atoms with van der Waals surface area (Å²) < 4.78 is 73.4. The number of methoxy groups -OCH3 is 1. The van der Waals surface area contributed by atoms with Crippen molar-refractivity contribution < 1.29 is 31.1 Å². The number of hydrogen-bond donors (Lipinski definition) is 3. The van der Waals surface area contributed by atoms with Gasteiger partial charge in [-0.15, -0.1) is 0 Å². The zero-order chi connectivity index (χ0) is 29.8. The number of carbonyl (C=O) groups is 1. The summed E-state index contributed by atoms with van der Waals surface area (Å²) in [6.07, 6.45) is 1.46. The number of ether oxygens (including phenoxy) is 1. The monoisotopic (exact) mass is 598 g/mol. The lowest BCUT2D eigenvalue weighted by molar-refractivity contribution is -0.138. The fourth-order valence-electron chi connectivity index (χ4n) is 5.48. The quantitative estimate of drug-likeness (QED) is 0.399. The molecule has 1 saturated heterocycles. The van der Waals surface area contributed by atoms with Gasteiger partial charge in [-0.2, -0.15) is 13.2 Å². The number of alkyl halides is 3. The lowest BCUT2D eigenvalue weighted by Gasteiger charge is -2.32. The Labute approximate surface area is 238 Å². The summed E-state index contributed by atoms with van der Waals surface area (Å²) in [5.74, 6) is -0.351. The van der Waals surface area contributed by atoms with Gasteiger partial charge in [-0.3, -0.25) is 4.79 Å². The number of halogens is 3.